The molecule has 0 spiro atoms. The summed E-state index contributed by atoms with van der Waals surface area (Å²) in [5.41, 5.74) is 2.04. The fourth-order valence-electron chi connectivity index (χ4n) is 1.89. The Morgan fingerprint density at radius 2 is 2.05 bits per heavy atom. The SMILES string of the molecule is CC(C)(C)CC(=O)Nc1cc(-c2cccs2)ccc1I. The Morgan fingerprint density at radius 3 is 2.65 bits per heavy atom. The number of amides is 1. The first kappa shape index (κ1) is 15.5. The number of carbonyl (C=O) groups is 1. The van der Waals surface area contributed by atoms with Crippen LogP contribution in [-0.4, -0.2) is 5.91 Å². The van der Waals surface area contributed by atoms with Crippen molar-refractivity contribution in [3.63, 3.8) is 0 Å². The Morgan fingerprint density at radius 1 is 1.30 bits per heavy atom. The highest BCUT2D eigenvalue weighted by Crippen LogP contribution is 2.30. The van der Waals surface area contributed by atoms with Crippen molar-refractivity contribution in [3.8, 4) is 10.4 Å². The third-order valence-corrected chi connectivity index (χ3v) is 4.60. The fraction of sp³-hybridized carbons (Fsp3) is 0.312. The zero-order valence-electron chi connectivity index (χ0n) is 11.9. The third-order valence-electron chi connectivity index (χ3n) is 2.74. The summed E-state index contributed by atoms with van der Waals surface area (Å²) in [4.78, 5) is 13.3. The van der Waals surface area contributed by atoms with Crippen LogP contribution in [0.5, 0.6) is 0 Å². The largest absolute Gasteiger partial charge is 0.325 e. The summed E-state index contributed by atoms with van der Waals surface area (Å²) in [5.74, 6) is 0.0683. The van der Waals surface area contributed by atoms with Gasteiger partial charge in [0.25, 0.3) is 0 Å². The van der Waals surface area contributed by atoms with E-state index in [2.05, 4.69) is 66.2 Å². The fourth-order valence-corrected chi connectivity index (χ4v) is 3.09. The van der Waals surface area contributed by atoms with Crippen LogP contribution in [0.3, 0.4) is 0 Å². The Balaban J connectivity index is 2.19. The number of hydrogen-bond donors (Lipinski definition) is 1. The summed E-state index contributed by atoms with van der Waals surface area (Å²) in [6.07, 6.45) is 0.520. The predicted octanol–water partition coefficient (Wildman–Crippen LogP) is 5.39. The van der Waals surface area contributed by atoms with Crippen molar-refractivity contribution >= 4 is 45.5 Å². The Bertz CT molecular complexity index is 599. The van der Waals surface area contributed by atoms with Gasteiger partial charge >= 0.3 is 0 Å². The van der Waals surface area contributed by atoms with Crippen molar-refractivity contribution in [2.75, 3.05) is 5.32 Å². The van der Waals surface area contributed by atoms with Gasteiger partial charge in [0.05, 0.1) is 5.69 Å². The lowest BCUT2D eigenvalue weighted by Crippen LogP contribution is -2.20. The average Bonchev–Trinajstić information content (AvgIpc) is 2.83. The van der Waals surface area contributed by atoms with Gasteiger partial charge < -0.3 is 5.32 Å². The second kappa shape index (κ2) is 6.26. The minimum absolute atomic E-state index is 0.000875. The van der Waals surface area contributed by atoms with Crippen molar-refractivity contribution in [1.82, 2.24) is 0 Å². The van der Waals surface area contributed by atoms with Crippen molar-refractivity contribution in [2.45, 2.75) is 27.2 Å². The van der Waals surface area contributed by atoms with Crippen molar-refractivity contribution in [1.29, 1.82) is 0 Å². The van der Waals surface area contributed by atoms with Gasteiger partial charge in [0.1, 0.15) is 0 Å². The number of nitrogens with one attached hydrogen (secondary N) is 1. The molecule has 0 saturated heterocycles. The molecule has 0 aliphatic heterocycles. The van der Waals surface area contributed by atoms with Crippen LogP contribution in [0.2, 0.25) is 0 Å². The minimum Gasteiger partial charge on any atom is -0.325 e. The molecule has 0 saturated carbocycles. The topological polar surface area (TPSA) is 29.1 Å². The molecule has 1 amide bonds. The molecule has 1 aromatic carbocycles. The molecule has 0 bridgehead atoms. The van der Waals surface area contributed by atoms with E-state index < -0.39 is 0 Å². The highest BCUT2D eigenvalue weighted by atomic mass is 127. The first-order valence-electron chi connectivity index (χ1n) is 6.48. The normalized spacial score (nSPS) is 11.4. The zero-order valence-corrected chi connectivity index (χ0v) is 14.8. The Hall–Kier alpha value is -0.880. The lowest BCUT2D eigenvalue weighted by atomic mass is 9.92. The van der Waals surface area contributed by atoms with Crippen LogP contribution >= 0.6 is 33.9 Å². The molecule has 20 heavy (non-hydrogen) atoms. The zero-order chi connectivity index (χ0) is 14.8. The van der Waals surface area contributed by atoms with Gasteiger partial charge in [0, 0.05) is 14.9 Å². The molecule has 4 heteroatoms. The number of thiophene rings is 1. The van der Waals surface area contributed by atoms with Crippen molar-refractivity contribution in [3.05, 3.63) is 39.3 Å². The van der Waals surface area contributed by atoms with Crippen LogP contribution in [0.1, 0.15) is 27.2 Å². The quantitative estimate of drug-likeness (QED) is 0.689. The van der Waals surface area contributed by atoms with Crippen LogP contribution < -0.4 is 5.32 Å². The summed E-state index contributed by atoms with van der Waals surface area (Å²) >= 11 is 3.96. The Labute approximate surface area is 137 Å². The van der Waals surface area contributed by atoms with E-state index in [1.807, 2.05) is 18.2 Å². The molecule has 0 atom stereocenters. The molecular formula is C16H18INOS. The highest BCUT2D eigenvalue weighted by molar-refractivity contribution is 14.1. The first-order valence-corrected chi connectivity index (χ1v) is 8.44. The second-order valence-corrected chi connectivity index (χ2v) is 8.07. The van der Waals surface area contributed by atoms with Crippen LogP contribution in [0, 0.1) is 8.99 Å². The van der Waals surface area contributed by atoms with Gasteiger partial charge in [-0.3, -0.25) is 4.79 Å². The van der Waals surface area contributed by atoms with E-state index in [-0.39, 0.29) is 11.3 Å². The number of halogens is 1. The molecule has 0 aliphatic rings. The molecule has 1 aromatic heterocycles. The number of benzene rings is 1. The Kier molecular flexibility index (Phi) is 4.86. The van der Waals surface area contributed by atoms with Gasteiger partial charge in [-0.2, -0.15) is 0 Å². The highest BCUT2D eigenvalue weighted by Gasteiger charge is 2.17. The number of anilines is 1. The monoisotopic (exact) mass is 399 g/mol. The van der Waals surface area contributed by atoms with Gasteiger partial charge in [-0.1, -0.05) is 32.9 Å². The minimum atomic E-state index is 0.000875. The molecule has 0 aliphatic carbocycles. The van der Waals surface area contributed by atoms with Crippen molar-refractivity contribution < 1.29 is 4.79 Å². The van der Waals surface area contributed by atoms with Crippen LogP contribution in [0.25, 0.3) is 10.4 Å². The van der Waals surface area contributed by atoms with Crippen LogP contribution in [0.4, 0.5) is 5.69 Å². The lowest BCUT2D eigenvalue weighted by Gasteiger charge is -2.18. The maximum absolute atomic E-state index is 12.1. The molecule has 0 radical (unpaired) electrons. The van der Waals surface area contributed by atoms with Gasteiger partial charge in [0.2, 0.25) is 5.91 Å². The smallest absolute Gasteiger partial charge is 0.224 e. The number of hydrogen-bond acceptors (Lipinski definition) is 2. The van der Waals surface area contributed by atoms with Gasteiger partial charge in [-0.15, -0.1) is 11.3 Å². The molecule has 1 N–H and O–H groups in total. The molecule has 2 nitrogen and oxygen atoms in total. The molecule has 106 valence electrons. The maximum atomic E-state index is 12.1. The maximum Gasteiger partial charge on any atom is 0.224 e. The van der Waals surface area contributed by atoms with E-state index in [4.69, 9.17) is 0 Å². The van der Waals surface area contributed by atoms with E-state index >= 15 is 0 Å². The van der Waals surface area contributed by atoms with Crippen LogP contribution in [-0.2, 0) is 4.79 Å². The van der Waals surface area contributed by atoms with Gasteiger partial charge in [-0.25, -0.2) is 0 Å². The van der Waals surface area contributed by atoms with Crippen molar-refractivity contribution in [2.24, 2.45) is 5.41 Å². The molecule has 0 fully saturated rings. The van der Waals surface area contributed by atoms with Gasteiger partial charge in [-0.05, 0) is 57.1 Å². The summed E-state index contributed by atoms with van der Waals surface area (Å²) in [6.45, 7) is 6.21. The third kappa shape index (κ3) is 4.31. The first-order chi connectivity index (χ1) is 9.35. The molecule has 2 aromatic rings. The average molecular weight is 399 g/mol. The van der Waals surface area contributed by atoms with E-state index in [0.29, 0.717) is 6.42 Å². The van der Waals surface area contributed by atoms with Gasteiger partial charge in [0.15, 0.2) is 0 Å². The number of rotatable bonds is 3. The summed E-state index contributed by atoms with van der Waals surface area (Å²) in [5, 5.41) is 5.09. The lowest BCUT2D eigenvalue weighted by molar-refractivity contribution is -0.117. The summed E-state index contributed by atoms with van der Waals surface area (Å²) < 4.78 is 1.06. The van der Waals surface area contributed by atoms with E-state index in [9.17, 15) is 4.79 Å². The van der Waals surface area contributed by atoms with E-state index in [1.54, 1.807) is 11.3 Å². The van der Waals surface area contributed by atoms with E-state index in [1.165, 1.54) is 4.88 Å². The second-order valence-electron chi connectivity index (χ2n) is 5.96. The van der Waals surface area contributed by atoms with E-state index in [0.717, 1.165) is 14.8 Å². The molecule has 0 unspecified atom stereocenters. The molecular weight excluding hydrogens is 381 g/mol. The standard InChI is InChI=1S/C16H18INOS/c1-16(2,3)10-15(19)18-13-9-11(6-7-12(13)17)14-5-4-8-20-14/h4-9H,10H2,1-3H3,(H,18,19). The number of carbonyl (C=O) groups excluding carboxylic acids is 1. The molecule has 2 rings (SSSR count). The summed E-state index contributed by atoms with van der Waals surface area (Å²) in [7, 11) is 0. The molecule has 1 heterocycles. The van der Waals surface area contributed by atoms with Crippen LogP contribution in [0.15, 0.2) is 35.7 Å². The summed E-state index contributed by atoms with van der Waals surface area (Å²) in [6, 6.07) is 10.3. The predicted molar refractivity (Wildman–Crippen MR) is 95.2 cm³/mol.